The van der Waals surface area contributed by atoms with Crippen molar-refractivity contribution in [1.82, 2.24) is 4.98 Å². The molecule has 1 N–H and O–H groups in total. The third kappa shape index (κ3) is 5.39. The molecule has 0 fully saturated rings. The minimum Gasteiger partial charge on any atom is -0.495 e. The van der Waals surface area contributed by atoms with Crippen LogP contribution in [0.2, 0.25) is 5.02 Å². The molecule has 1 aromatic heterocycles. The Morgan fingerprint density at radius 3 is 2.59 bits per heavy atom. The van der Waals surface area contributed by atoms with E-state index in [0.29, 0.717) is 46.7 Å². The molecule has 3 aromatic rings. The third-order valence-corrected chi connectivity index (χ3v) is 4.33. The number of hydrogen-bond acceptors (Lipinski definition) is 5. The maximum absolute atomic E-state index is 12.6. The van der Waals surface area contributed by atoms with Crippen molar-refractivity contribution in [3.63, 3.8) is 0 Å². The van der Waals surface area contributed by atoms with E-state index in [2.05, 4.69) is 10.3 Å². The van der Waals surface area contributed by atoms with Crippen LogP contribution in [0.4, 0.5) is 5.69 Å². The van der Waals surface area contributed by atoms with Crippen LogP contribution in [0.5, 0.6) is 17.2 Å². The van der Waals surface area contributed by atoms with Crippen LogP contribution in [0.15, 0.2) is 60.9 Å². The summed E-state index contributed by atoms with van der Waals surface area (Å²) >= 11 is 6.11. The van der Waals surface area contributed by atoms with E-state index in [4.69, 9.17) is 25.8 Å². The predicted molar refractivity (Wildman–Crippen MR) is 112 cm³/mol. The van der Waals surface area contributed by atoms with Crippen molar-refractivity contribution in [2.75, 3.05) is 19.0 Å². The van der Waals surface area contributed by atoms with E-state index in [-0.39, 0.29) is 5.91 Å². The lowest BCUT2D eigenvalue weighted by Crippen LogP contribution is -2.12. The van der Waals surface area contributed by atoms with Gasteiger partial charge >= 0.3 is 0 Å². The van der Waals surface area contributed by atoms with Gasteiger partial charge in [0.1, 0.15) is 12.4 Å². The first-order valence-corrected chi connectivity index (χ1v) is 9.42. The highest BCUT2D eigenvalue weighted by atomic mass is 35.5. The number of aromatic nitrogens is 1. The zero-order valence-corrected chi connectivity index (χ0v) is 16.9. The summed E-state index contributed by atoms with van der Waals surface area (Å²) in [5.41, 5.74) is 1.94. The summed E-state index contributed by atoms with van der Waals surface area (Å²) in [4.78, 5) is 16.7. The van der Waals surface area contributed by atoms with Crippen molar-refractivity contribution in [3.8, 4) is 17.2 Å². The Balaban J connectivity index is 1.74. The summed E-state index contributed by atoms with van der Waals surface area (Å²) in [5.74, 6) is 1.31. The molecule has 6 nitrogen and oxygen atoms in total. The second kappa shape index (κ2) is 9.80. The number of nitrogens with one attached hydrogen (secondary N) is 1. The first-order valence-electron chi connectivity index (χ1n) is 9.04. The Hall–Kier alpha value is -3.25. The van der Waals surface area contributed by atoms with E-state index < -0.39 is 0 Å². The first-order chi connectivity index (χ1) is 14.1. The molecule has 0 saturated heterocycles. The molecule has 1 heterocycles. The van der Waals surface area contributed by atoms with Crippen molar-refractivity contribution in [2.45, 2.75) is 13.5 Å². The number of anilines is 1. The minimum absolute atomic E-state index is 0.286. The molecular formula is C22H21ClN2O4. The number of nitrogens with zero attached hydrogens (tertiary/aromatic N) is 1. The molecule has 150 valence electrons. The molecule has 0 saturated carbocycles. The highest BCUT2D eigenvalue weighted by molar-refractivity contribution is 6.32. The normalized spacial score (nSPS) is 10.3. The minimum atomic E-state index is -0.286. The molecule has 0 aliphatic heterocycles. The fraction of sp³-hybridized carbons (Fsp3) is 0.182. The van der Waals surface area contributed by atoms with Gasteiger partial charge in [0, 0.05) is 29.2 Å². The van der Waals surface area contributed by atoms with Crippen LogP contribution in [0.25, 0.3) is 0 Å². The van der Waals surface area contributed by atoms with Crippen molar-refractivity contribution in [2.24, 2.45) is 0 Å². The summed E-state index contributed by atoms with van der Waals surface area (Å²) in [7, 11) is 1.53. The van der Waals surface area contributed by atoms with Gasteiger partial charge in [0.2, 0.25) is 0 Å². The van der Waals surface area contributed by atoms with E-state index in [9.17, 15) is 4.79 Å². The number of amides is 1. The maximum Gasteiger partial charge on any atom is 0.255 e. The number of ether oxygens (including phenoxy) is 3. The standard InChI is InChI=1S/C22H21ClN2O4/c1-3-28-21-11-16(6-8-20(21)29-14-15-5-4-10-24-13-15)22(26)25-17-7-9-19(27-2)18(23)12-17/h4-13H,3,14H2,1-2H3,(H,25,26). The van der Waals surface area contributed by atoms with Crippen LogP contribution in [0, 0.1) is 0 Å². The Bertz CT molecular complexity index is 980. The number of hydrogen-bond donors (Lipinski definition) is 1. The van der Waals surface area contributed by atoms with Gasteiger partial charge < -0.3 is 19.5 Å². The van der Waals surface area contributed by atoms with Crippen molar-refractivity contribution < 1.29 is 19.0 Å². The molecule has 0 atom stereocenters. The SMILES string of the molecule is CCOc1cc(C(=O)Nc2ccc(OC)c(Cl)c2)ccc1OCc1cccnc1. The highest BCUT2D eigenvalue weighted by Crippen LogP contribution is 2.31. The van der Waals surface area contributed by atoms with Gasteiger partial charge in [-0.1, -0.05) is 17.7 Å². The van der Waals surface area contributed by atoms with E-state index in [1.165, 1.54) is 7.11 Å². The lowest BCUT2D eigenvalue weighted by atomic mass is 10.1. The van der Waals surface area contributed by atoms with Crippen LogP contribution >= 0.6 is 11.6 Å². The molecule has 2 aromatic carbocycles. The topological polar surface area (TPSA) is 69.7 Å². The summed E-state index contributed by atoms with van der Waals surface area (Å²) in [5, 5.41) is 3.23. The average molecular weight is 413 g/mol. The van der Waals surface area contributed by atoms with Crippen molar-refractivity contribution in [1.29, 1.82) is 0 Å². The summed E-state index contributed by atoms with van der Waals surface area (Å²) in [6, 6.07) is 13.9. The number of methoxy groups -OCH3 is 1. The van der Waals surface area contributed by atoms with Gasteiger partial charge in [0.15, 0.2) is 11.5 Å². The predicted octanol–water partition coefficient (Wildman–Crippen LogP) is 4.97. The average Bonchev–Trinajstić information content (AvgIpc) is 2.74. The van der Waals surface area contributed by atoms with Crippen LogP contribution in [0.1, 0.15) is 22.8 Å². The zero-order valence-electron chi connectivity index (χ0n) is 16.1. The molecular weight excluding hydrogens is 392 g/mol. The second-order valence-electron chi connectivity index (χ2n) is 6.05. The smallest absolute Gasteiger partial charge is 0.255 e. The van der Waals surface area contributed by atoms with Gasteiger partial charge in [0.25, 0.3) is 5.91 Å². The maximum atomic E-state index is 12.6. The summed E-state index contributed by atoms with van der Waals surface area (Å²) < 4.78 is 16.6. The number of rotatable bonds is 8. The Kier molecular flexibility index (Phi) is 6.92. The highest BCUT2D eigenvalue weighted by Gasteiger charge is 2.13. The fourth-order valence-electron chi connectivity index (χ4n) is 2.63. The molecule has 0 aliphatic rings. The molecule has 7 heteroatoms. The second-order valence-corrected chi connectivity index (χ2v) is 6.46. The van der Waals surface area contributed by atoms with Gasteiger partial charge in [-0.3, -0.25) is 9.78 Å². The van der Waals surface area contributed by atoms with Crippen LogP contribution in [-0.4, -0.2) is 24.6 Å². The van der Waals surface area contributed by atoms with Gasteiger partial charge in [-0.2, -0.15) is 0 Å². The number of pyridine rings is 1. The van der Waals surface area contributed by atoms with Crippen molar-refractivity contribution in [3.05, 3.63) is 77.1 Å². The third-order valence-electron chi connectivity index (χ3n) is 4.03. The van der Waals surface area contributed by atoms with E-state index >= 15 is 0 Å². The van der Waals surface area contributed by atoms with E-state index in [0.717, 1.165) is 5.56 Å². The van der Waals surface area contributed by atoms with Gasteiger partial charge in [-0.15, -0.1) is 0 Å². The van der Waals surface area contributed by atoms with E-state index in [1.807, 2.05) is 19.1 Å². The van der Waals surface area contributed by atoms with Crippen LogP contribution in [-0.2, 0) is 6.61 Å². The molecule has 3 rings (SSSR count). The Morgan fingerprint density at radius 2 is 1.90 bits per heavy atom. The molecule has 0 unspecified atom stereocenters. The number of halogens is 1. The lowest BCUT2D eigenvalue weighted by molar-refractivity contribution is 0.102. The summed E-state index contributed by atoms with van der Waals surface area (Å²) in [6.45, 7) is 2.67. The molecule has 0 bridgehead atoms. The zero-order chi connectivity index (χ0) is 20.6. The monoisotopic (exact) mass is 412 g/mol. The molecule has 0 radical (unpaired) electrons. The Labute approximate surface area is 174 Å². The molecule has 0 aliphatic carbocycles. The van der Waals surface area contributed by atoms with Crippen LogP contribution < -0.4 is 19.5 Å². The van der Waals surface area contributed by atoms with Crippen molar-refractivity contribution >= 4 is 23.2 Å². The van der Waals surface area contributed by atoms with Gasteiger partial charge in [-0.25, -0.2) is 0 Å². The van der Waals surface area contributed by atoms with Gasteiger partial charge in [-0.05, 0) is 49.4 Å². The first kappa shape index (κ1) is 20.5. The fourth-order valence-corrected chi connectivity index (χ4v) is 2.89. The van der Waals surface area contributed by atoms with E-state index in [1.54, 1.807) is 48.8 Å². The quantitative estimate of drug-likeness (QED) is 0.565. The molecule has 29 heavy (non-hydrogen) atoms. The number of benzene rings is 2. The van der Waals surface area contributed by atoms with Crippen LogP contribution in [0.3, 0.4) is 0 Å². The van der Waals surface area contributed by atoms with Gasteiger partial charge in [0.05, 0.1) is 18.7 Å². The largest absolute Gasteiger partial charge is 0.495 e. The number of carbonyl (C=O) groups excluding carboxylic acids is 1. The summed E-state index contributed by atoms with van der Waals surface area (Å²) in [6.07, 6.45) is 3.45. The lowest BCUT2D eigenvalue weighted by Gasteiger charge is -2.14. The molecule has 0 spiro atoms. The number of carbonyl (C=O) groups is 1. The Morgan fingerprint density at radius 1 is 1.07 bits per heavy atom. The molecule has 1 amide bonds.